The molecule has 0 radical (unpaired) electrons. The van der Waals surface area contributed by atoms with Gasteiger partial charge in [0.1, 0.15) is 5.75 Å². The van der Waals surface area contributed by atoms with Gasteiger partial charge in [-0.2, -0.15) is 0 Å². The number of halogens is 1. The smallest absolute Gasteiger partial charge is 0.227 e. The van der Waals surface area contributed by atoms with Gasteiger partial charge < -0.3 is 14.9 Å². The lowest BCUT2D eigenvalue weighted by Crippen LogP contribution is -2.45. The fourth-order valence-corrected chi connectivity index (χ4v) is 4.50. The van der Waals surface area contributed by atoms with Gasteiger partial charge in [0, 0.05) is 13.1 Å². The van der Waals surface area contributed by atoms with Gasteiger partial charge in [0.25, 0.3) is 0 Å². The van der Waals surface area contributed by atoms with Gasteiger partial charge in [-0.15, -0.1) is 0 Å². The SMILES string of the molecule is O=C(Cc1ccc(O)c(Cl)c1)N1CCc2ccccc2C1CN1CCCC1. The van der Waals surface area contributed by atoms with Crippen LogP contribution in [0, 0.1) is 0 Å². The number of carbonyl (C=O) groups is 1. The molecule has 2 aliphatic heterocycles. The summed E-state index contributed by atoms with van der Waals surface area (Å²) >= 11 is 6.01. The van der Waals surface area contributed by atoms with E-state index in [1.807, 2.05) is 4.90 Å². The Bertz CT molecular complexity index is 833. The first-order valence-electron chi connectivity index (χ1n) is 9.69. The largest absolute Gasteiger partial charge is 0.506 e. The Labute approximate surface area is 165 Å². The summed E-state index contributed by atoms with van der Waals surface area (Å²) in [6.45, 7) is 3.89. The van der Waals surface area contributed by atoms with E-state index in [9.17, 15) is 9.90 Å². The van der Waals surface area contributed by atoms with Crippen LogP contribution in [0.1, 0.15) is 35.6 Å². The number of aromatic hydroxyl groups is 1. The number of carbonyl (C=O) groups excluding carboxylic acids is 1. The minimum absolute atomic E-state index is 0.0478. The van der Waals surface area contributed by atoms with E-state index in [4.69, 9.17) is 11.6 Å². The number of fused-ring (bicyclic) bond motifs is 1. The first kappa shape index (κ1) is 18.3. The highest BCUT2D eigenvalue weighted by Crippen LogP contribution is 2.32. The van der Waals surface area contributed by atoms with Crippen LogP contribution in [0.25, 0.3) is 0 Å². The van der Waals surface area contributed by atoms with Gasteiger partial charge in [0.05, 0.1) is 17.5 Å². The van der Waals surface area contributed by atoms with Crippen molar-refractivity contribution in [1.29, 1.82) is 0 Å². The fourth-order valence-electron chi connectivity index (χ4n) is 4.29. The van der Waals surface area contributed by atoms with Crippen LogP contribution in [0.2, 0.25) is 5.02 Å². The average Bonchev–Trinajstić information content (AvgIpc) is 3.18. The molecule has 4 rings (SSSR count). The van der Waals surface area contributed by atoms with Crippen molar-refractivity contribution in [2.24, 2.45) is 0 Å². The van der Waals surface area contributed by atoms with Crippen molar-refractivity contribution < 1.29 is 9.90 Å². The lowest BCUT2D eigenvalue weighted by molar-refractivity contribution is -0.133. The molecule has 1 saturated heterocycles. The Balaban J connectivity index is 1.57. The van der Waals surface area contributed by atoms with E-state index in [-0.39, 0.29) is 22.7 Å². The van der Waals surface area contributed by atoms with E-state index >= 15 is 0 Å². The molecular formula is C22H25ClN2O2. The summed E-state index contributed by atoms with van der Waals surface area (Å²) in [5.74, 6) is 0.169. The molecule has 0 saturated carbocycles. The maximum Gasteiger partial charge on any atom is 0.227 e. The second kappa shape index (κ2) is 7.91. The van der Waals surface area contributed by atoms with E-state index < -0.39 is 0 Å². The molecule has 0 aromatic heterocycles. The maximum absolute atomic E-state index is 13.2. The number of amides is 1. The highest BCUT2D eigenvalue weighted by molar-refractivity contribution is 6.32. The molecule has 1 unspecified atom stereocenters. The van der Waals surface area contributed by atoms with Crippen LogP contribution in [-0.2, 0) is 17.6 Å². The number of nitrogens with zero attached hydrogens (tertiary/aromatic N) is 2. The molecule has 27 heavy (non-hydrogen) atoms. The number of likely N-dealkylation sites (tertiary alicyclic amines) is 1. The summed E-state index contributed by atoms with van der Waals surface area (Å²) < 4.78 is 0. The number of phenols is 1. The van der Waals surface area contributed by atoms with Gasteiger partial charge in [0.15, 0.2) is 0 Å². The number of phenolic OH excluding ortho intramolecular Hbond substituents is 1. The summed E-state index contributed by atoms with van der Waals surface area (Å²) in [4.78, 5) is 17.7. The van der Waals surface area contributed by atoms with E-state index in [1.165, 1.54) is 24.0 Å². The second-order valence-electron chi connectivity index (χ2n) is 7.52. The average molecular weight is 385 g/mol. The maximum atomic E-state index is 13.2. The highest BCUT2D eigenvalue weighted by atomic mass is 35.5. The topological polar surface area (TPSA) is 43.8 Å². The third kappa shape index (κ3) is 3.97. The molecule has 1 fully saturated rings. The third-order valence-electron chi connectivity index (χ3n) is 5.73. The molecule has 1 atom stereocenters. The van der Waals surface area contributed by atoms with Gasteiger partial charge in [-0.1, -0.05) is 41.9 Å². The standard InChI is InChI=1S/C22H25ClN2O2/c23-19-13-16(7-8-21(19)26)14-22(27)25-12-9-17-5-1-2-6-18(17)20(25)15-24-10-3-4-11-24/h1-2,5-8,13,20,26H,3-4,9-12,14-15H2. The number of benzene rings is 2. The zero-order valence-corrected chi connectivity index (χ0v) is 16.2. The lowest BCUT2D eigenvalue weighted by atomic mass is 9.91. The first-order chi connectivity index (χ1) is 13.1. The van der Waals surface area contributed by atoms with E-state index in [0.29, 0.717) is 6.42 Å². The second-order valence-corrected chi connectivity index (χ2v) is 7.93. The van der Waals surface area contributed by atoms with Crippen LogP contribution in [0.5, 0.6) is 5.75 Å². The molecular weight excluding hydrogens is 360 g/mol. The molecule has 2 aliphatic rings. The fraction of sp³-hybridized carbons (Fsp3) is 0.409. The third-order valence-corrected chi connectivity index (χ3v) is 6.03. The van der Waals surface area contributed by atoms with E-state index in [1.54, 1.807) is 18.2 Å². The summed E-state index contributed by atoms with van der Waals surface area (Å²) in [5.41, 5.74) is 3.48. The zero-order valence-electron chi connectivity index (χ0n) is 15.4. The highest BCUT2D eigenvalue weighted by Gasteiger charge is 2.32. The summed E-state index contributed by atoms with van der Waals surface area (Å²) in [6.07, 6.45) is 3.69. The van der Waals surface area contributed by atoms with Crippen LogP contribution < -0.4 is 0 Å². The molecule has 4 nitrogen and oxygen atoms in total. The predicted molar refractivity (Wildman–Crippen MR) is 107 cm³/mol. The van der Waals surface area contributed by atoms with Crippen molar-refractivity contribution >= 4 is 17.5 Å². The summed E-state index contributed by atoms with van der Waals surface area (Å²) in [7, 11) is 0. The van der Waals surface area contributed by atoms with Crippen LogP contribution in [0.4, 0.5) is 0 Å². The Morgan fingerprint density at radius 2 is 1.89 bits per heavy atom. The quantitative estimate of drug-likeness (QED) is 0.871. The molecule has 142 valence electrons. The first-order valence-corrected chi connectivity index (χ1v) is 10.1. The summed E-state index contributed by atoms with van der Waals surface area (Å²) in [5, 5.41) is 9.89. The van der Waals surface area contributed by atoms with Gasteiger partial charge in [-0.3, -0.25) is 4.79 Å². The Hall–Kier alpha value is -2.04. The Kier molecular flexibility index (Phi) is 5.37. The molecule has 0 spiro atoms. The van der Waals surface area contributed by atoms with Crippen molar-refractivity contribution in [3.63, 3.8) is 0 Å². The molecule has 5 heteroatoms. The number of rotatable bonds is 4. The van der Waals surface area contributed by atoms with Crippen molar-refractivity contribution in [2.75, 3.05) is 26.2 Å². The Morgan fingerprint density at radius 3 is 2.67 bits per heavy atom. The minimum Gasteiger partial charge on any atom is -0.506 e. The minimum atomic E-state index is 0.0478. The molecule has 2 heterocycles. The van der Waals surface area contributed by atoms with E-state index in [0.717, 1.165) is 38.2 Å². The number of hydrogen-bond donors (Lipinski definition) is 1. The van der Waals surface area contributed by atoms with Crippen molar-refractivity contribution in [1.82, 2.24) is 9.80 Å². The van der Waals surface area contributed by atoms with Crippen LogP contribution in [-0.4, -0.2) is 47.0 Å². The molecule has 0 aliphatic carbocycles. The van der Waals surface area contributed by atoms with Gasteiger partial charge in [-0.05, 0) is 61.2 Å². The Morgan fingerprint density at radius 1 is 1.11 bits per heavy atom. The van der Waals surface area contributed by atoms with Crippen molar-refractivity contribution in [3.8, 4) is 5.75 Å². The molecule has 2 aromatic carbocycles. The normalized spacial score (nSPS) is 19.9. The van der Waals surface area contributed by atoms with Gasteiger partial charge in [0.2, 0.25) is 5.91 Å². The monoisotopic (exact) mass is 384 g/mol. The molecule has 2 aromatic rings. The lowest BCUT2D eigenvalue weighted by Gasteiger charge is -2.39. The van der Waals surface area contributed by atoms with Crippen LogP contribution in [0.3, 0.4) is 0 Å². The van der Waals surface area contributed by atoms with Gasteiger partial charge >= 0.3 is 0 Å². The van der Waals surface area contributed by atoms with Crippen LogP contribution >= 0.6 is 11.6 Å². The molecule has 1 amide bonds. The van der Waals surface area contributed by atoms with E-state index in [2.05, 4.69) is 29.2 Å². The van der Waals surface area contributed by atoms with Crippen LogP contribution in [0.15, 0.2) is 42.5 Å². The predicted octanol–water partition coefficient (Wildman–Crippen LogP) is 3.81. The summed E-state index contributed by atoms with van der Waals surface area (Å²) in [6, 6.07) is 13.6. The number of hydrogen-bond acceptors (Lipinski definition) is 3. The van der Waals surface area contributed by atoms with Crippen molar-refractivity contribution in [3.05, 3.63) is 64.2 Å². The molecule has 1 N–H and O–H groups in total. The van der Waals surface area contributed by atoms with Crippen molar-refractivity contribution in [2.45, 2.75) is 31.7 Å². The van der Waals surface area contributed by atoms with Gasteiger partial charge in [-0.25, -0.2) is 0 Å². The zero-order chi connectivity index (χ0) is 18.8. The molecule has 0 bridgehead atoms.